The van der Waals surface area contributed by atoms with E-state index in [1.54, 1.807) is 19.9 Å². The maximum atomic E-state index is 13.2. The highest BCUT2D eigenvalue weighted by molar-refractivity contribution is 5.93. The van der Waals surface area contributed by atoms with Gasteiger partial charge in [0, 0.05) is 0 Å². The Kier molecular flexibility index (Phi) is 3.40. The van der Waals surface area contributed by atoms with Crippen molar-refractivity contribution in [1.82, 2.24) is 0 Å². The van der Waals surface area contributed by atoms with Gasteiger partial charge in [-0.05, 0) is 25.5 Å². The molecule has 1 rings (SSSR count). The third kappa shape index (κ3) is 2.13. The normalized spacial score (nSPS) is 9.47. The van der Waals surface area contributed by atoms with Gasteiger partial charge >= 0.3 is 5.97 Å². The maximum Gasteiger partial charge on any atom is 0.339 e. The lowest BCUT2D eigenvalue weighted by molar-refractivity contribution is 0.0524. The third-order valence-electron chi connectivity index (χ3n) is 1.95. The summed E-state index contributed by atoms with van der Waals surface area (Å²) in [6.07, 6.45) is 0. The van der Waals surface area contributed by atoms with Crippen LogP contribution in [0.2, 0.25) is 0 Å². The molecule has 0 aliphatic carbocycles. The molecular weight excluding hydrogens is 197 g/mol. The molecule has 15 heavy (non-hydrogen) atoms. The molecule has 0 N–H and O–H groups in total. The van der Waals surface area contributed by atoms with E-state index in [1.165, 1.54) is 6.07 Å². The summed E-state index contributed by atoms with van der Waals surface area (Å²) in [6, 6.07) is 4.28. The van der Waals surface area contributed by atoms with Gasteiger partial charge in [0.25, 0.3) is 0 Å². The molecule has 0 unspecified atom stereocenters. The summed E-state index contributed by atoms with van der Waals surface area (Å²) >= 11 is 0. The van der Waals surface area contributed by atoms with Gasteiger partial charge in [0.05, 0.1) is 12.2 Å². The maximum absolute atomic E-state index is 13.2. The van der Waals surface area contributed by atoms with E-state index in [1.807, 2.05) is 0 Å². The van der Waals surface area contributed by atoms with Crippen molar-refractivity contribution in [3.8, 4) is 6.07 Å². The molecule has 0 spiro atoms. The summed E-state index contributed by atoms with van der Waals surface area (Å²) in [5.74, 6) is -1.36. The minimum atomic E-state index is -0.703. The number of esters is 1. The van der Waals surface area contributed by atoms with Crippen molar-refractivity contribution in [2.75, 3.05) is 6.61 Å². The predicted octanol–water partition coefficient (Wildman–Crippen LogP) is 2.18. The predicted molar refractivity (Wildman–Crippen MR) is 51.8 cm³/mol. The van der Waals surface area contributed by atoms with Crippen LogP contribution in [-0.2, 0) is 4.74 Å². The molecule has 4 heteroatoms. The third-order valence-corrected chi connectivity index (χ3v) is 1.95. The molecule has 78 valence electrons. The van der Waals surface area contributed by atoms with Gasteiger partial charge in [-0.15, -0.1) is 0 Å². The number of carbonyl (C=O) groups excluding carboxylic acids is 1. The van der Waals surface area contributed by atoms with Gasteiger partial charge in [-0.3, -0.25) is 0 Å². The molecule has 0 radical (unpaired) electrons. The zero-order valence-corrected chi connectivity index (χ0v) is 8.50. The standard InChI is InChI=1S/C11H10FNO2/c1-3-15-11(14)10-7(2)4-5-9(12)8(10)6-13/h4-5H,3H2,1-2H3. The Bertz CT molecular complexity index is 435. The number of hydrogen-bond acceptors (Lipinski definition) is 3. The smallest absolute Gasteiger partial charge is 0.339 e. The van der Waals surface area contributed by atoms with E-state index in [0.717, 1.165) is 6.07 Å². The molecular formula is C11H10FNO2. The van der Waals surface area contributed by atoms with E-state index in [0.29, 0.717) is 5.56 Å². The van der Waals surface area contributed by atoms with Crippen LogP contribution in [0, 0.1) is 24.1 Å². The fourth-order valence-corrected chi connectivity index (χ4v) is 1.26. The van der Waals surface area contributed by atoms with Crippen LogP contribution in [0.4, 0.5) is 4.39 Å². The van der Waals surface area contributed by atoms with Gasteiger partial charge in [-0.2, -0.15) is 5.26 Å². The number of rotatable bonds is 2. The average molecular weight is 207 g/mol. The summed E-state index contributed by atoms with van der Waals surface area (Å²) in [5, 5.41) is 8.74. The Morgan fingerprint density at radius 3 is 2.80 bits per heavy atom. The lowest BCUT2D eigenvalue weighted by atomic mass is 10.0. The lowest BCUT2D eigenvalue weighted by Crippen LogP contribution is -2.10. The molecule has 1 aromatic carbocycles. The van der Waals surface area contributed by atoms with Gasteiger partial charge in [0.1, 0.15) is 17.4 Å². The number of ether oxygens (including phenoxy) is 1. The second-order valence-electron chi connectivity index (χ2n) is 2.95. The molecule has 0 fully saturated rings. The van der Waals surface area contributed by atoms with Crippen molar-refractivity contribution in [2.24, 2.45) is 0 Å². The van der Waals surface area contributed by atoms with E-state index in [-0.39, 0.29) is 17.7 Å². The average Bonchev–Trinajstić information content (AvgIpc) is 2.21. The van der Waals surface area contributed by atoms with Crippen LogP contribution < -0.4 is 0 Å². The molecule has 0 saturated carbocycles. The van der Waals surface area contributed by atoms with Gasteiger partial charge in [-0.1, -0.05) is 6.07 Å². The Morgan fingerprint density at radius 1 is 1.60 bits per heavy atom. The first kappa shape index (κ1) is 11.2. The van der Waals surface area contributed by atoms with Crippen LogP contribution in [0.3, 0.4) is 0 Å². The molecule has 0 atom stereocenters. The summed E-state index contributed by atoms with van der Waals surface area (Å²) in [6.45, 7) is 3.48. The minimum Gasteiger partial charge on any atom is -0.462 e. The van der Waals surface area contributed by atoms with Crippen molar-refractivity contribution in [2.45, 2.75) is 13.8 Å². The van der Waals surface area contributed by atoms with Crippen LogP contribution in [0.25, 0.3) is 0 Å². The molecule has 0 heterocycles. The van der Waals surface area contributed by atoms with Crippen molar-refractivity contribution in [1.29, 1.82) is 5.26 Å². The first-order chi connectivity index (χ1) is 7.11. The highest BCUT2D eigenvalue weighted by atomic mass is 19.1. The highest BCUT2D eigenvalue weighted by Crippen LogP contribution is 2.18. The van der Waals surface area contributed by atoms with Crippen LogP contribution in [0.5, 0.6) is 0 Å². The Hall–Kier alpha value is -1.89. The number of carbonyl (C=O) groups is 1. The zero-order valence-electron chi connectivity index (χ0n) is 8.50. The van der Waals surface area contributed by atoms with E-state index in [2.05, 4.69) is 0 Å². The number of hydrogen-bond donors (Lipinski definition) is 0. The molecule has 0 aliphatic heterocycles. The monoisotopic (exact) mass is 207 g/mol. The number of halogens is 1. The van der Waals surface area contributed by atoms with Crippen molar-refractivity contribution in [3.63, 3.8) is 0 Å². The summed E-state index contributed by atoms with van der Waals surface area (Å²) < 4.78 is 18.0. The largest absolute Gasteiger partial charge is 0.462 e. The first-order valence-electron chi connectivity index (χ1n) is 4.48. The second kappa shape index (κ2) is 4.56. The van der Waals surface area contributed by atoms with Crippen LogP contribution >= 0.6 is 0 Å². The van der Waals surface area contributed by atoms with Crippen molar-refractivity contribution >= 4 is 5.97 Å². The Balaban J connectivity index is 3.33. The van der Waals surface area contributed by atoms with E-state index >= 15 is 0 Å². The quantitative estimate of drug-likeness (QED) is 0.698. The number of aryl methyl sites for hydroxylation is 1. The highest BCUT2D eigenvalue weighted by Gasteiger charge is 2.18. The summed E-state index contributed by atoms with van der Waals surface area (Å²) in [7, 11) is 0. The summed E-state index contributed by atoms with van der Waals surface area (Å²) in [4.78, 5) is 11.5. The number of nitrogens with zero attached hydrogens (tertiary/aromatic N) is 1. The van der Waals surface area contributed by atoms with Crippen molar-refractivity contribution < 1.29 is 13.9 Å². The molecule has 0 amide bonds. The molecule has 0 bridgehead atoms. The van der Waals surface area contributed by atoms with Gasteiger partial charge in [0.2, 0.25) is 0 Å². The summed E-state index contributed by atoms with van der Waals surface area (Å²) in [5.41, 5.74) is 0.291. The molecule has 1 aromatic rings. The van der Waals surface area contributed by atoms with E-state index < -0.39 is 11.8 Å². The molecule has 0 aromatic heterocycles. The van der Waals surface area contributed by atoms with Crippen LogP contribution in [-0.4, -0.2) is 12.6 Å². The lowest BCUT2D eigenvalue weighted by Gasteiger charge is -2.07. The first-order valence-corrected chi connectivity index (χ1v) is 4.48. The number of nitriles is 1. The molecule has 3 nitrogen and oxygen atoms in total. The minimum absolute atomic E-state index is 0.0133. The van der Waals surface area contributed by atoms with Crippen molar-refractivity contribution in [3.05, 3.63) is 34.6 Å². The van der Waals surface area contributed by atoms with Gasteiger partial charge in [0.15, 0.2) is 0 Å². The molecule has 0 saturated heterocycles. The molecule has 0 aliphatic rings. The fourth-order valence-electron chi connectivity index (χ4n) is 1.26. The van der Waals surface area contributed by atoms with Gasteiger partial charge in [-0.25, -0.2) is 9.18 Å². The topological polar surface area (TPSA) is 50.1 Å². The van der Waals surface area contributed by atoms with Gasteiger partial charge < -0.3 is 4.74 Å². The van der Waals surface area contributed by atoms with E-state index in [4.69, 9.17) is 10.00 Å². The Morgan fingerprint density at radius 2 is 2.27 bits per heavy atom. The fraction of sp³-hybridized carbons (Fsp3) is 0.273. The zero-order chi connectivity index (χ0) is 11.4. The Labute approximate surface area is 87.1 Å². The van der Waals surface area contributed by atoms with E-state index in [9.17, 15) is 9.18 Å². The second-order valence-corrected chi connectivity index (χ2v) is 2.95. The van der Waals surface area contributed by atoms with Crippen LogP contribution in [0.15, 0.2) is 12.1 Å². The number of benzene rings is 1. The SMILES string of the molecule is CCOC(=O)c1c(C)ccc(F)c1C#N. The van der Waals surface area contributed by atoms with Crippen LogP contribution in [0.1, 0.15) is 28.4 Å².